The van der Waals surface area contributed by atoms with Crippen molar-refractivity contribution in [3.05, 3.63) is 54.1 Å². The third-order valence-electron chi connectivity index (χ3n) is 5.50. The number of hydrogen-bond donors (Lipinski definition) is 1. The molecule has 0 aliphatic heterocycles. The number of hydrogen-bond acceptors (Lipinski definition) is 5. The zero-order valence-corrected chi connectivity index (χ0v) is 21.2. The van der Waals surface area contributed by atoms with Gasteiger partial charge in [-0.05, 0) is 36.1 Å². The second-order valence-electron chi connectivity index (χ2n) is 8.24. The number of carbonyl (C=O) groups excluding carboxylic acids is 1. The van der Waals surface area contributed by atoms with E-state index in [1.54, 1.807) is 18.2 Å². The van der Waals surface area contributed by atoms with Gasteiger partial charge < -0.3 is 9.88 Å². The van der Waals surface area contributed by atoms with Gasteiger partial charge in [0.25, 0.3) is 0 Å². The van der Waals surface area contributed by atoms with Crippen LogP contribution in [0, 0.1) is 0 Å². The number of unbranched alkanes of at least 4 members (excludes halogenated alkanes) is 1. The maximum atomic E-state index is 12.5. The Balaban J connectivity index is 1.73. The van der Waals surface area contributed by atoms with E-state index >= 15 is 0 Å². The molecule has 0 fully saturated rings. The first-order valence-corrected chi connectivity index (χ1v) is 13.5. The Morgan fingerprint density at radius 3 is 2.58 bits per heavy atom. The summed E-state index contributed by atoms with van der Waals surface area (Å²) in [4.78, 5) is 17.4. The van der Waals surface area contributed by atoms with Gasteiger partial charge in [-0.3, -0.25) is 4.79 Å². The summed E-state index contributed by atoms with van der Waals surface area (Å²) in [6.45, 7) is 5.55. The SMILES string of the molecule is CCCCn1c(SCC(=O)NCC(C)c2ccccc2)nc2cc(S(=O)(=O)N(C)C)ccc21. The highest BCUT2D eigenvalue weighted by Gasteiger charge is 2.20. The molecule has 1 N–H and O–H groups in total. The Morgan fingerprint density at radius 1 is 1.18 bits per heavy atom. The number of benzene rings is 2. The molecule has 0 radical (unpaired) electrons. The molecular formula is C24H32N4O3S2. The number of fused-ring (bicyclic) bond motifs is 1. The Bertz CT molecular complexity index is 1190. The number of nitrogens with one attached hydrogen (secondary N) is 1. The Kier molecular flexibility index (Phi) is 8.56. The molecule has 0 saturated heterocycles. The van der Waals surface area contributed by atoms with Gasteiger partial charge >= 0.3 is 0 Å². The minimum Gasteiger partial charge on any atom is -0.355 e. The summed E-state index contributed by atoms with van der Waals surface area (Å²) < 4.78 is 28.3. The van der Waals surface area contributed by atoms with Crippen LogP contribution in [0.2, 0.25) is 0 Å². The third-order valence-corrected chi connectivity index (χ3v) is 8.29. The predicted octanol–water partition coefficient (Wildman–Crippen LogP) is 4.10. The molecule has 0 aliphatic rings. The van der Waals surface area contributed by atoms with E-state index in [0.717, 1.165) is 30.1 Å². The predicted molar refractivity (Wildman–Crippen MR) is 134 cm³/mol. The lowest BCUT2D eigenvalue weighted by atomic mass is 10.0. The van der Waals surface area contributed by atoms with Crippen LogP contribution in [0.15, 0.2) is 58.6 Å². The monoisotopic (exact) mass is 488 g/mol. The molecule has 0 spiro atoms. The number of nitrogens with zero attached hydrogens (tertiary/aromatic N) is 3. The summed E-state index contributed by atoms with van der Waals surface area (Å²) >= 11 is 1.38. The van der Waals surface area contributed by atoms with Gasteiger partial charge in [-0.1, -0.05) is 62.4 Å². The Hall–Kier alpha value is -2.36. The van der Waals surface area contributed by atoms with Crippen molar-refractivity contribution in [2.45, 2.75) is 49.2 Å². The highest BCUT2D eigenvalue weighted by atomic mass is 32.2. The van der Waals surface area contributed by atoms with Crippen molar-refractivity contribution in [3.8, 4) is 0 Å². The molecule has 0 saturated carbocycles. The van der Waals surface area contributed by atoms with Crippen molar-refractivity contribution in [3.63, 3.8) is 0 Å². The molecule has 0 aliphatic carbocycles. The van der Waals surface area contributed by atoms with Gasteiger partial charge in [0.1, 0.15) is 0 Å². The first-order chi connectivity index (χ1) is 15.7. The van der Waals surface area contributed by atoms with E-state index in [0.29, 0.717) is 12.1 Å². The number of thioether (sulfide) groups is 1. The molecule has 1 amide bonds. The Morgan fingerprint density at radius 2 is 1.91 bits per heavy atom. The van der Waals surface area contributed by atoms with E-state index in [4.69, 9.17) is 0 Å². The molecule has 1 unspecified atom stereocenters. The normalized spacial score (nSPS) is 12.9. The van der Waals surface area contributed by atoms with Gasteiger partial charge in [0.15, 0.2) is 5.16 Å². The molecule has 1 aromatic heterocycles. The fraction of sp³-hybridized carbons (Fsp3) is 0.417. The van der Waals surface area contributed by atoms with Crippen LogP contribution < -0.4 is 5.32 Å². The Labute approximate surface area is 200 Å². The van der Waals surface area contributed by atoms with Crippen molar-refractivity contribution in [2.24, 2.45) is 0 Å². The number of sulfonamides is 1. The molecule has 2 aromatic carbocycles. The molecule has 0 bridgehead atoms. The fourth-order valence-corrected chi connectivity index (χ4v) is 5.24. The van der Waals surface area contributed by atoms with E-state index in [1.165, 1.54) is 35.7 Å². The van der Waals surface area contributed by atoms with E-state index < -0.39 is 10.0 Å². The summed E-state index contributed by atoms with van der Waals surface area (Å²) in [5, 5.41) is 3.73. The van der Waals surface area contributed by atoms with Crippen molar-refractivity contribution in [1.82, 2.24) is 19.2 Å². The number of amides is 1. The van der Waals surface area contributed by atoms with Gasteiger partial charge in [0.05, 0.1) is 21.7 Å². The van der Waals surface area contributed by atoms with E-state index in [-0.39, 0.29) is 22.5 Å². The quantitative estimate of drug-likeness (QED) is 0.411. The highest BCUT2D eigenvalue weighted by Crippen LogP contribution is 2.27. The molecule has 1 heterocycles. The standard InChI is InChI=1S/C24H32N4O3S2/c1-5-6-14-28-22-13-12-20(33(30,31)27(3)4)15-21(22)26-24(28)32-17-23(29)25-16-18(2)19-10-8-7-9-11-19/h7-13,15,18H,5-6,14,16-17H2,1-4H3,(H,25,29). The van der Waals surface area contributed by atoms with Gasteiger partial charge in [0, 0.05) is 27.2 Å². The van der Waals surface area contributed by atoms with Crippen molar-refractivity contribution in [2.75, 3.05) is 26.4 Å². The maximum absolute atomic E-state index is 12.5. The molecule has 3 rings (SSSR count). The molecule has 1 atom stereocenters. The lowest BCUT2D eigenvalue weighted by Crippen LogP contribution is -2.29. The van der Waals surface area contributed by atoms with Crippen LogP contribution in [-0.4, -0.2) is 54.6 Å². The minimum absolute atomic E-state index is 0.0484. The topological polar surface area (TPSA) is 84.3 Å². The van der Waals surface area contributed by atoms with Gasteiger partial charge in [0.2, 0.25) is 15.9 Å². The minimum atomic E-state index is -3.54. The largest absolute Gasteiger partial charge is 0.355 e. The van der Waals surface area contributed by atoms with Crippen molar-refractivity contribution in [1.29, 1.82) is 0 Å². The second kappa shape index (κ2) is 11.2. The summed E-state index contributed by atoms with van der Waals surface area (Å²) in [6.07, 6.45) is 1.99. The van der Waals surface area contributed by atoms with Crippen LogP contribution in [0.4, 0.5) is 0 Å². The van der Waals surface area contributed by atoms with Crippen LogP contribution in [0.25, 0.3) is 11.0 Å². The van der Waals surface area contributed by atoms with Gasteiger partial charge in [-0.2, -0.15) is 0 Å². The maximum Gasteiger partial charge on any atom is 0.242 e. The first kappa shape index (κ1) is 25.3. The molecule has 178 valence electrons. The molecule has 3 aromatic rings. The van der Waals surface area contributed by atoms with Crippen LogP contribution in [0.3, 0.4) is 0 Å². The van der Waals surface area contributed by atoms with Crippen LogP contribution in [-0.2, 0) is 21.4 Å². The van der Waals surface area contributed by atoms with E-state index in [9.17, 15) is 13.2 Å². The zero-order chi connectivity index (χ0) is 24.0. The van der Waals surface area contributed by atoms with Crippen LogP contribution in [0.1, 0.15) is 38.2 Å². The van der Waals surface area contributed by atoms with Crippen LogP contribution >= 0.6 is 11.8 Å². The summed E-state index contributed by atoms with van der Waals surface area (Å²) in [5.41, 5.74) is 2.69. The third kappa shape index (κ3) is 6.16. The zero-order valence-electron chi connectivity index (χ0n) is 19.6. The first-order valence-electron chi connectivity index (χ1n) is 11.1. The lowest BCUT2D eigenvalue weighted by molar-refractivity contribution is -0.118. The van der Waals surface area contributed by atoms with Crippen LogP contribution in [0.5, 0.6) is 0 Å². The smallest absolute Gasteiger partial charge is 0.242 e. The van der Waals surface area contributed by atoms with Gasteiger partial charge in [-0.25, -0.2) is 17.7 Å². The average Bonchev–Trinajstić information content (AvgIpc) is 3.16. The number of imidazole rings is 1. The summed E-state index contributed by atoms with van der Waals surface area (Å²) in [5.74, 6) is 0.430. The second-order valence-corrected chi connectivity index (χ2v) is 11.3. The van der Waals surface area contributed by atoms with Crippen molar-refractivity contribution >= 4 is 38.7 Å². The molecule has 7 nitrogen and oxygen atoms in total. The van der Waals surface area contributed by atoms with Gasteiger partial charge in [-0.15, -0.1) is 0 Å². The number of aromatic nitrogens is 2. The average molecular weight is 489 g/mol. The van der Waals surface area contributed by atoms with E-state index in [1.807, 2.05) is 18.2 Å². The number of aryl methyl sites for hydroxylation is 1. The summed E-state index contributed by atoms with van der Waals surface area (Å²) in [7, 11) is -0.516. The molecular weight excluding hydrogens is 456 g/mol. The molecule has 33 heavy (non-hydrogen) atoms. The van der Waals surface area contributed by atoms with E-state index in [2.05, 4.69) is 40.8 Å². The summed E-state index contributed by atoms with van der Waals surface area (Å²) in [6, 6.07) is 15.1. The highest BCUT2D eigenvalue weighted by molar-refractivity contribution is 7.99. The number of carbonyl (C=O) groups is 1. The molecule has 9 heteroatoms. The fourth-order valence-electron chi connectivity index (χ4n) is 3.45. The number of rotatable bonds is 11. The van der Waals surface area contributed by atoms with Crippen molar-refractivity contribution < 1.29 is 13.2 Å². The lowest BCUT2D eigenvalue weighted by Gasteiger charge is -2.13.